The Bertz CT molecular complexity index is 683. The van der Waals surface area contributed by atoms with Crippen molar-refractivity contribution < 1.29 is 14.5 Å². The van der Waals surface area contributed by atoms with Crippen LogP contribution in [0.5, 0.6) is 11.5 Å². The summed E-state index contributed by atoms with van der Waals surface area (Å²) < 4.78 is 5.54. The van der Waals surface area contributed by atoms with E-state index in [1.54, 1.807) is 12.1 Å². The molecule has 6 nitrogen and oxygen atoms in total. The molecule has 0 radical (unpaired) electrons. The van der Waals surface area contributed by atoms with Crippen molar-refractivity contribution in [2.75, 3.05) is 0 Å². The Labute approximate surface area is 114 Å². The second-order valence-electron chi connectivity index (χ2n) is 4.17. The minimum Gasteiger partial charge on any atom is -0.450 e. The van der Waals surface area contributed by atoms with Crippen LogP contribution in [-0.2, 0) is 0 Å². The Morgan fingerprint density at radius 2 is 1.90 bits per heavy atom. The van der Waals surface area contributed by atoms with Gasteiger partial charge in [0.25, 0.3) is 0 Å². The molecule has 0 aliphatic carbocycles. The predicted molar refractivity (Wildman–Crippen MR) is 72.9 cm³/mol. The zero-order valence-electron chi connectivity index (χ0n) is 10.7. The first-order valence-corrected chi connectivity index (χ1v) is 5.81. The largest absolute Gasteiger partial charge is 0.450 e. The van der Waals surface area contributed by atoms with Crippen LogP contribution in [0.3, 0.4) is 0 Å². The molecule has 0 aliphatic heterocycles. The van der Waals surface area contributed by atoms with Gasteiger partial charge in [0.2, 0.25) is 11.7 Å². The van der Waals surface area contributed by atoms with Gasteiger partial charge in [-0.1, -0.05) is 18.2 Å². The lowest BCUT2D eigenvalue weighted by atomic mass is 10.1. The number of carbonyl (C=O) groups excluding carboxylic acids is 1. The minimum atomic E-state index is -0.726. The summed E-state index contributed by atoms with van der Waals surface area (Å²) in [7, 11) is 0. The van der Waals surface area contributed by atoms with Crippen LogP contribution in [-0.4, -0.2) is 10.8 Å². The van der Waals surface area contributed by atoms with Gasteiger partial charge in [0.15, 0.2) is 0 Å². The van der Waals surface area contributed by atoms with Crippen molar-refractivity contribution >= 4 is 11.6 Å². The van der Waals surface area contributed by atoms with Gasteiger partial charge >= 0.3 is 5.69 Å². The highest BCUT2D eigenvalue weighted by molar-refractivity contribution is 5.93. The van der Waals surface area contributed by atoms with Crippen LogP contribution in [0.4, 0.5) is 5.69 Å². The number of para-hydroxylation sites is 1. The highest BCUT2D eigenvalue weighted by Gasteiger charge is 2.18. The predicted octanol–water partition coefficient (Wildman–Crippen LogP) is 2.79. The van der Waals surface area contributed by atoms with Crippen molar-refractivity contribution in [3.8, 4) is 11.5 Å². The number of benzene rings is 2. The van der Waals surface area contributed by atoms with E-state index in [1.165, 1.54) is 12.1 Å². The van der Waals surface area contributed by atoms with Crippen molar-refractivity contribution in [3.05, 3.63) is 63.7 Å². The fourth-order valence-electron chi connectivity index (χ4n) is 1.69. The molecule has 1 amide bonds. The number of ether oxygens (including phenoxy) is 1. The molecule has 2 rings (SSSR count). The number of carbonyl (C=O) groups is 1. The molecule has 0 aromatic heterocycles. The monoisotopic (exact) mass is 272 g/mol. The van der Waals surface area contributed by atoms with Gasteiger partial charge in [0, 0.05) is 11.6 Å². The molecule has 6 heteroatoms. The maximum absolute atomic E-state index is 11.1. The van der Waals surface area contributed by atoms with Crippen LogP contribution in [0.15, 0.2) is 42.5 Å². The number of nitro benzene ring substituents is 1. The molecule has 102 valence electrons. The number of primary amides is 1. The molecule has 0 unspecified atom stereocenters. The number of nitro groups is 1. The number of nitrogens with zero attached hydrogens (tertiary/aromatic N) is 1. The van der Waals surface area contributed by atoms with E-state index in [2.05, 4.69) is 0 Å². The summed E-state index contributed by atoms with van der Waals surface area (Å²) in [6.07, 6.45) is 0. The standard InChI is InChI=1S/C14H12N2O4/c1-9-4-2-3-5-12(9)20-13-7-6-10(14(15)17)8-11(13)16(18)19/h2-8H,1H3,(H2,15,17). The fraction of sp³-hybridized carbons (Fsp3) is 0.0714. The van der Waals surface area contributed by atoms with Crippen LogP contribution >= 0.6 is 0 Å². The molecule has 20 heavy (non-hydrogen) atoms. The number of hydrogen-bond acceptors (Lipinski definition) is 4. The quantitative estimate of drug-likeness (QED) is 0.683. The number of rotatable bonds is 4. The van der Waals surface area contributed by atoms with Crippen LogP contribution in [0.25, 0.3) is 0 Å². The number of hydrogen-bond donors (Lipinski definition) is 1. The maximum atomic E-state index is 11.1. The van der Waals surface area contributed by atoms with Gasteiger partial charge in [-0.05, 0) is 30.7 Å². The minimum absolute atomic E-state index is 0.0637. The van der Waals surface area contributed by atoms with Crippen molar-refractivity contribution in [2.45, 2.75) is 6.92 Å². The lowest BCUT2D eigenvalue weighted by molar-refractivity contribution is -0.385. The first-order valence-electron chi connectivity index (χ1n) is 5.81. The third-order valence-electron chi connectivity index (χ3n) is 2.75. The summed E-state index contributed by atoms with van der Waals surface area (Å²) in [5.74, 6) is -0.146. The Kier molecular flexibility index (Phi) is 3.65. The second kappa shape index (κ2) is 5.40. The Balaban J connectivity index is 2.44. The molecule has 2 aromatic rings. The summed E-state index contributed by atoms with van der Waals surface area (Å²) in [5, 5.41) is 11.0. The van der Waals surface area contributed by atoms with Crippen molar-refractivity contribution in [1.82, 2.24) is 0 Å². The van der Waals surface area contributed by atoms with Crippen molar-refractivity contribution in [3.63, 3.8) is 0 Å². The SMILES string of the molecule is Cc1ccccc1Oc1ccc(C(N)=O)cc1[N+](=O)[O-]. The number of aryl methyl sites for hydroxylation is 1. The molecule has 0 fully saturated rings. The number of amides is 1. The first-order chi connectivity index (χ1) is 9.49. The van der Waals surface area contributed by atoms with Crippen LogP contribution in [0.1, 0.15) is 15.9 Å². The second-order valence-corrected chi connectivity index (χ2v) is 4.17. The van der Waals surface area contributed by atoms with Gasteiger partial charge < -0.3 is 10.5 Å². The van der Waals surface area contributed by atoms with Gasteiger partial charge in [0.1, 0.15) is 5.75 Å². The van der Waals surface area contributed by atoms with Gasteiger partial charge in [-0.15, -0.1) is 0 Å². The van der Waals surface area contributed by atoms with Crippen LogP contribution < -0.4 is 10.5 Å². The highest BCUT2D eigenvalue weighted by atomic mass is 16.6. The zero-order valence-corrected chi connectivity index (χ0v) is 10.7. The summed E-state index contributed by atoms with van der Waals surface area (Å²) in [5.41, 5.74) is 5.72. The molecule has 0 atom stereocenters. The smallest absolute Gasteiger partial charge is 0.312 e. The fourth-order valence-corrected chi connectivity index (χ4v) is 1.69. The highest BCUT2D eigenvalue weighted by Crippen LogP contribution is 2.33. The topological polar surface area (TPSA) is 95.5 Å². The van der Waals surface area contributed by atoms with E-state index in [9.17, 15) is 14.9 Å². The molecule has 0 aliphatic rings. The van der Waals surface area contributed by atoms with Gasteiger partial charge in [-0.25, -0.2) is 0 Å². The molecule has 2 N–H and O–H groups in total. The molecule has 0 spiro atoms. The van der Waals surface area contributed by atoms with Gasteiger partial charge in [-0.3, -0.25) is 14.9 Å². The molecule has 0 heterocycles. The number of nitrogens with two attached hydrogens (primary N) is 1. The lowest BCUT2D eigenvalue weighted by Gasteiger charge is -2.09. The maximum Gasteiger partial charge on any atom is 0.312 e. The Hall–Kier alpha value is -2.89. The van der Waals surface area contributed by atoms with E-state index < -0.39 is 10.8 Å². The average molecular weight is 272 g/mol. The van der Waals surface area contributed by atoms with Crippen molar-refractivity contribution in [1.29, 1.82) is 0 Å². The van der Waals surface area contributed by atoms with Crippen molar-refractivity contribution in [2.24, 2.45) is 5.73 Å². The normalized spacial score (nSPS) is 10.1. The van der Waals surface area contributed by atoms with E-state index in [0.29, 0.717) is 5.75 Å². The van der Waals surface area contributed by atoms with Crippen LogP contribution in [0.2, 0.25) is 0 Å². The Morgan fingerprint density at radius 1 is 1.20 bits per heavy atom. The van der Waals surface area contributed by atoms with Gasteiger partial charge in [-0.2, -0.15) is 0 Å². The molecular weight excluding hydrogens is 260 g/mol. The first kappa shape index (κ1) is 13.5. The summed E-state index contributed by atoms with van der Waals surface area (Å²) in [4.78, 5) is 21.5. The van der Waals surface area contributed by atoms with E-state index in [1.807, 2.05) is 19.1 Å². The van der Waals surface area contributed by atoms with E-state index in [0.717, 1.165) is 11.6 Å². The van der Waals surface area contributed by atoms with E-state index in [4.69, 9.17) is 10.5 Å². The molecule has 0 bridgehead atoms. The van der Waals surface area contributed by atoms with E-state index in [-0.39, 0.29) is 17.0 Å². The summed E-state index contributed by atoms with van der Waals surface area (Å²) >= 11 is 0. The third kappa shape index (κ3) is 2.74. The lowest BCUT2D eigenvalue weighted by Crippen LogP contribution is -2.11. The summed E-state index contributed by atoms with van der Waals surface area (Å²) in [6.45, 7) is 1.83. The third-order valence-corrected chi connectivity index (χ3v) is 2.75. The van der Waals surface area contributed by atoms with Gasteiger partial charge in [0.05, 0.1) is 4.92 Å². The molecular formula is C14H12N2O4. The molecule has 0 saturated carbocycles. The van der Waals surface area contributed by atoms with Crippen LogP contribution in [0, 0.1) is 17.0 Å². The van der Waals surface area contributed by atoms with E-state index >= 15 is 0 Å². The summed E-state index contributed by atoms with van der Waals surface area (Å²) in [6, 6.07) is 11.0. The molecule has 0 saturated heterocycles. The Morgan fingerprint density at radius 3 is 2.50 bits per heavy atom. The average Bonchev–Trinajstić information content (AvgIpc) is 2.41. The molecule has 2 aromatic carbocycles. The zero-order chi connectivity index (χ0) is 14.7.